The van der Waals surface area contributed by atoms with Crippen LogP contribution >= 0.6 is 15.9 Å². The molecule has 0 aliphatic carbocycles. The molecule has 1 N–H and O–H groups in total. The van der Waals surface area contributed by atoms with Crippen molar-refractivity contribution in [2.24, 2.45) is 0 Å². The summed E-state index contributed by atoms with van der Waals surface area (Å²) in [7, 11) is 0. The van der Waals surface area contributed by atoms with Gasteiger partial charge < -0.3 is 10.2 Å². The molecule has 0 saturated carbocycles. The van der Waals surface area contributed by atoms with Crippen LogP contribution in [-0.4, -0.2) is 30.6 Å². The Morgan fingerprint density at radius 2 is 2.16 bits per heavy atom. The SMILES string of the molecule is CCCN1CCCC(Nc2cccc(Br)c2C)CC1. The lowest BCUT2D eigenvalue weighted by molar-refractivity contribution is 0.285. The summed E-state index contributed by atoms with van der Waals surface area (Å²) in [5.41, 5.74) is 2.60. The molecule has 1 unspecified atom stereocenters. The number of hydrogen-bond acceptors (Lipinski definition) is 2. The Hall–Kier alpha value is -0.540. The fourth-order valence-electron chi connectivity index (χ4n) is 2.82. The van der Waals surface area contributed by atoms with Crippen LogP contribution in [0.4, 0.5) is 5.69 Å². The minimum atomic E-state index is 0.620. The summed E-state index contributed by atoms with van der Waals surface area (Å²) < 4.78 is 1.19. The van der Waals surface area contributed by atoms with Gasteiger partial charge in [-0.15, -0.1) is 0 Å². The van der Waals surface area contributed by atoms with Crippen LogP contribution in [0.1, 0.15) is 38.2 Å². The van der Waals surface area contributed by atoms with E-state index >= 15 is 0 Å². The molecule has 0 amide bonds. The lowest BCUT2D eigenvalue weighted by Crippen LogP contribution is -2.27. The molecule has 19 heavy (non-hydrogen) atoms. The minimum Gasteiger partial charge on any atom is -0.382 e. The minimum absolute atomic E-state index is 0.620. The van der Waals surface area contributed by atoms with Crippen molar-refractivity contribution < 1.29 is 0 Å². The van der Waals surface area contributed by atoms with Gasteiger partial charge in [-0.1, -0.05) is 28.9 Å². The summed E-state index contributed by atoms with van der Waals surface area (Å²) in [6.07, 6.45) is 5.12. The van der Waals surface area contributed by atoms with Crippen LogP contribution in [-0.2, 0) is 0 Å². The second kappa shape index (κ2) is 7.30. The second-order valence-corrected chi connectivity index (χ2v) is 6.38. The van der Waals surface area contributed by atoms with Crippen molar-refractivity contribution in [2.75, 3.05) is 25.0 Å². The highest BCUT2D eigenvalue weighted by atomic mass is 79.9. The first-order chi connectivity index (χ1) is 9.20. The number of likely N-dealkylation sites (tertiary alicyclic amines) is 1. The summed E-state index contributed by atoms with van der Waals surface area (Å²) in [4.78, 5) is 2.61. The number of nitrogens with one attached hydrogen (secondary N) is 1. The number of nitrogens with zero attached hydrogens (tertiary/aromatic N) is 1. The van der Waals surface area contributed by atoms with Gasteiger partial charge in [0.2, 0.25) is 0 Å². The molecule has 1 fully saturated rings. The van der Waals surface area contributed by atoms with Gasteiger partial charge in [-0.25, -0.2) is 0 Å². The van der Waals surface area contributed by atoms with E-state index in [0.717, 1.165) is 0 Å². The average molecular weight is 325 g/mol. The fourth-order valence-corrected chi connectivity index (χ4v) is 3.19. The van der Waals surface area contributed by atoms with E-state index in [-0.39, 0.29) is 0 Å². The van der Waals surface area contributed by atoms with E-state index < -0.39 is 0 Å². The molecule has 1 saturated heterocycles. The molecule has 1 aliphatic rings. The molecular formula is C16H25BrN2. The van der Waals surface area contributed by atoms with E-state index in [1.54, 1.807) is 0 Å². The van der Waals surface area contributed by atoms with Gasteiger partial charge in [0.15, 0.2) is 0 Å². The average Bonchev–Trinajstić information content (AvgIpc) is 2.61. The van der Waals surface area contributed by atoms with Crippen molar-refractivity contribution in [3.8, 4) is 0 Å². The van der Waals surface area contributed by atoms with Gasteiger partial charge in [-0.2, -0.15) is 0 Å². The van der Waals surface area contributed by atoms with E-state index in [2.05, 4.69) is 58.2 Å². The Morgan fingerprint density at radius 3 is 2.95 bits per heavy atom. The molecule has 1 aromatic carbocycles. The van der Waals surface area contributed by atoms with Crippen molar-refractivity contribution in [1.82, 2.24) is 4.90 Å². The summed E-state index contributed by atoms with van der Waals surface area (Å²) in [5, 5.41) is 3.74. The van der Waals surface area contributed by atoms with Crippen LogP contribution in [0.2, 0.25) is 0 Å². The molecule has 0 bridgehead atoms. The van der Waals surface area contributed by atoms with Gasteiger partial charge in [-0.3, -0.25) is 0 Å². The summed E-state index contributed by atoms with van der Waals surface area (Å²) in [5.74, 6) is 0. The number of benzene rings is 1. The third-order valence-corrected chi connectivity index (χ3v) is 4.85. The van der Waals surface area contributed by atoms with E-state index in [1.807, 2.05) is 0 Å². The smallest absolute Gasteiger partial charge is 0.0383 e. The maximum Gasteiger partial charge on any atom is 0.0383 e. The zero-order chi connectivity index (χ0) is 13.7. The third kappa shape index (κ3) is 4.22. The molecule has 2 rings (SSSR count). The van der Waals surface area contributed by atoms with Crippen LogP contribution in [0.25, 0.3) is 0 Å². The van der Waals surface area contributed by atoms with Gasteiger partial charge in [0, 0.05) is 22.7 Å². The number of hydrogen-bond donors (Lipinski definition) is 1. The van der Waals surface area contributed by atoms with E-state index in [1.165, 1.54) is 61.0 Å². The highest BCUT2D eigenvalue weighted by Crippen LogP contribution is 2.25. The Morgan fingerprint density at radius 1 is 1.32 bits per heavy atom. The lowest BCUT2D eigenvalue weighted by atomic mass is 10.1. The third-order valence-electron chi connectivity index (χ3n) is 3.99. The quantitative estimate of drug-likeness (QED) is 0.881. The highest BCUT2D eigenvalue weighted by molar-refractivity contribution is 9.10. The summed E-state index contributed by atoms with van der Waals surface area (Å²) >= 11 is 3.61. The Labute approximate surface area is 125 Å². The van der Waals surface area contributed by atoms with Crippen molar-refractivity contribution in [2.45, 2.75) is 45.6 Å². The molecule has 3 heteroatoms. The first kappa shape index (κ1) is 14.9. The van der Waals surface area contributed by atoms with Crippen LogP contribution < -0.4 is 5.32 Å². The van der Waals surface area contributed by atoms with Crippen molar-refractivity contribution in [1.29, 1.82) is 0 Å². The maximum absolute atomic E-state index is 3.74. The molecule has 1 aromatic rings. The topological polar surface area (TPSA) is 15.3 Å². The van der Waals surface area contributed by atoms with E-state index in [9.17, 15) is 0 Å². The molecule has 0 aromatic heterocycles. The van der Waals surface area contributed by atoms with Gasteiger partial charge in [-0.05, 0) is 63.4 Å². The Kier molecular flexibility index (Phi) is 5.71. The highest BCUT2D eigenvalue weighted by Gasteiger charge is 2.17. The zero-order valence-corrected chi connectivity index (χ0v) is 13.7. The molecule has 106 valence electrons. The molecule has 0 spiro atoms. The molecule has 2 nitrogen and oxygen atoms in total. The van der Waals surface area contributed by atoms with Crippen molar-refractivity contribution in [3.63, 3.8) is 0 Å². The molecule has 1 heterocycles. The Balaban J connectivity index is 1.94. The van der Waals surface area contributed by atoms with Crippen LogP contribution in [0.15, 0.2) is 22.7 Å². The van der Waals surface area contributed by atoms with E-state index in [0.29, 0.717) is 6.04 Å². The van der Waals surface area contributed by atoms with Crippen molar-refractivity contribution in [3.05, 3.63) is 28.2 Å². The van der Waals surface area contributed by atoms with Crippen LogP contribution in [0.5, 0.6) is 0 Å². The number of anilines is 1. The standard InChI is InChI=1S/C16H25BrN2/c1-3-10-19-11-5-6-14(9-12-19)18-16-8-4-7-15(17)13(16)2/h4,7-8,14,18H,3,5-6,9-12H2,1-2H3. The predicted octanol–water partition coefficient (Wildman–Crippen LogP) is 4.43. The second-order valence-electron chi connectivity index (χ2n) is 5.53. The van der Waals surface area contributed by atoms with Gasteiger partial charge in [0.05, 0.1) is 0 Å². The lowest BCUT2D eigenvalue weighted by Gasteiger charge is -2.21. The van der Waals surface area contributed by atoms with Crippen molar-refractivity contribution >= 4 is 21.6 Å². The fraction of sp³-hybridized carbons (Fsp3) is 0.625. The van der Waals surface area contributed by atoms with Crippen LogP contribution in [0.3, 0.4) is 0 Å². The largest absolute Gasteiger partial charge is 0.382 e. The monoisotopic (exact) mass is 324 g/mol. The van der Waals surface area contributed by atoms with Gasteiger partial charge >= 0.3 is 0 Å². The first-order valence-electron chi connectivity index (χ1n) is 7.44. The van der Waals surface area contributed by atoms with Gasteiger partial charge in [0.1, 0.15) is 0 Å². The normalized spacial score (nSPS) is 21.1. The Bertz CT molecular complexity index is 406. The maximum atomic E-state index is 3.74. The summed E-state index contributed by atoms with van der Waals surface area (Å²) in [6, 6.07) is 7.03. The summed E-state index contributed by atoms with van der Waals surface area (Å²) in [6.45, 7) is 8.20. The predicted molar refractivity (Wildman–Crippen MR) is 86.9 cm³/mol. The molecule has 1 aliphatic heterocycles. The zero-order valence-electron chi connectivity index (χ0n) is 12.1. The number of halogens is 1. The van der Waals surface area contributed by atoms with Crippen LogP contribution in [0, 0.1) is 6.92 Å². The van der Waals surface area contributed by atoms with Gasteiger partial charge in [0.25, 0.3) is 0 Å². The molecule has 0 radical (unpaired) electrons. The number of rotatable bonds is 4. The molecular weight excluding hydrogens is 300 g/mol. The van der Waals surface area contributed by atoms with E-state index in [4.69, 9.17) is 0 Å². The first-order valence-corrected chi connectivity index (χ1v) is 8.24. The molecule has 1 atom stereocenters.